The molecule has 1 saturated carbocycles. The molecule has 1 heterocycles. The molecule has 4 rings (SSSR count). The Labute approximate surface area is 160 Å². The van der Waals surface area contributed by atoms with E-state index in [9.17, 15) is 4.79 Å². The fourth-order valence-corrected chi connectivity index (χ4v) is 4.11. The normalized spacial score (nSPS) is 25.3. The minimum Gasteiger partial charge on any atom is -0.479 e. The highest BCUT2D eigenvalue weighted by atomic mass is 16.4. The summed E-state index contributed by atoms with van der Waals surface area (Å²) in [4.78, 5) is 12.8. The summed E-state index contributed by atoms with van der Waals surface area (Å²) in [5.74, 6) is 0.279. The lowest BCUT2D eigenvalue weighted by atomic mass is 9.93. The van der Waals surface area contributed by atoms with Gasteiger partial charge in [-0.3, -0.25) is 4.90 Å². The Balaban J connectivity index is 0.000000168. The number of rotatable bonds is 4. The second-order valence-electron chi connectivity index (χ2n) is 7.51. The van der Waals surface area contributed by atoms with Crippen molar-refractivity contribution >= 4 is 5.97 Å². The van der Waals surface area contributed by atoms with Crippen molar-refractivity contribution in [2.24, 2.45) is 17.6 Å². The molecule has 0 radical (unpaired) electrons. The molecule has 4 N–H and O–H groups in total. The van der Waals surface area contributed by atoms with Gasteiger partial charge in [0.25, 0.3) is 0 Å². The Hall–Kier alpha value is -2.21. The maximum absolute atomic E-state index is 10.2. The summed E-state index contributed by atoms with van der Waals surface area (Å²) < 4.78 is 0. The second kappa shape index (κ2) is 9.13. The molecule has 2 fully saturated rings. The number of aliphatic hydroxyl groups is 1. The number of hydrogen-bond acceptors (Lipinski definition) is 4. The van der Waals surface area contributed by atoms with Crippen LogP contribution in [0, 0.1) is 11.8 Å². The van der Waals surface area contributed by atoms with Gasteiger partial charge in [0.05, 0.1) is 0 Å². The van der Waals surface area contributed by atoms with E-state index in [1.807, 2.05) is 0 Å². The van der Waals surface area contributed by atoms with E-state index < -0.39 is 12.1 Å². The van der Waals surface area contributed by atoms with Crippen molar-refractivity contribution in [3.8, 4) is 0 Å². The molecule has 2 aromatic rings. The van der Waals surface area contributed by atoms with Gasteiger partial charge in [0, 0.05) is 25.7 Å². The van der Waals surface area contributed by atoms with Crippen LogP contribution in [0.15, 0.2) is 60.7 Å². The largest absolute Gasteiger partial charge is 0.479 e. The van der Waals surface area contributed by atoms with Crippen molar-refractivity contribution in [2.75, 3.05) is 13.1 Å². The van der Waals surface area contributed by atoms with E-state index in [1.54, 1.807) is 30.3 Å². The van der Waals surface area contributed by atoms with Crippen molar-refractivity contribution in [3.63, 3.8) is 0 Å². The number of likely N-dealkylation sites (tertiary alicyclic amines) is 1. The molecule has 1 saturated heterocycles. The standard InChI is InChI=1S/C14H20N2.C8H8O3/c15-14-12-6-7-13(14)10-16(9-12)8-11-4-2-1-3-5-11;9-7(8(10)11)6-4-2-1-3-5-6/h1-5,12-14H,6-10,15H2;1-5,7,9H,(H,10,11)/t;7-/m.1/s1. The number of carboxylic acids is 1. The van der Waals surface area contributed by atoms with Gasteiger partial charge in [-0.25, -0.2) is 4.79 Å². The predicted molar refractivity (Wildman–Crippen MR) is 105 cm³/mol. The third kappa shape index (κ3) is 5.16. The molecule has 2 aliphatic rings. The highest BCUT2D eigenvalue weighted by Crippen LogP contribution is 2.35. The third-order valence-electron chi connectivity index (χ3n) is 5.58. The number of hydrogen-bond donors (Lipinski definition) is 3. The van der Waals surface area contributed by atoms with Gasteiger partial charge in [-0.15, -0.1) is 0 Å². The van der Waals surface area contributed by atoms with Gasteiger partial charge in [-0.05, 0) is 35.8 Å². The van der Waals surface area contributed by atoms with E-state index in [0.717, 1.165) is 18.4 Å². The first-order valence-electron chi connectivity index (χ1n) is 9.52. The molecule has 2 unspecified atom stereocenters. The zero-order chi connectivity index (χ0) is 19.2. The number of benzene rings is 2. The Kier molecular flexibility index (Phi) is 6.61. The van der Waals surface area contributed by atoms with Crippen LogP contribution in [0.2, 0.25) is 0 Å². The molecule has 2 aromatic carbocycles. The number of aliphatic hydroxyl groups excluding tert-OH is 1. The van der Waals surface area contributed by atoms with Crippen LogP contribution in [-0.4, -0.2) is 40.2 Å². The summed E-state index contributed by atoms with van der Waals surface area (Å²) in [5, 5.41) is 17.4. The lowest BCUT2D eigenvalue weighted by Crippen LogP contribution is -2.48. The van der Waals surface area contributed by atoms with E-state index >= 15 is 0 Å². The molecule has 3 atom stereocenters. The molecule has 0 spiro atoms. The first-order valence-corrected chi connectivity index (χ1v) is 9.52. The lowest BCUT2D eigenvalue weighted by molar-refractivity contribution is -0.146. The number of nitrogens with two attached hydrogens (primary N) is 1. The minimum atomic E-state index is -1.41. The molecule has 0 amide bonds. The van der Waals surface area contributed by atoms with Crippen molar-refractivity contribution in [1.82, 2.24) is 4.90 Å². The van der Waals surface area contributed by atoms with Crippen LogP contribution in [0.1, 0.15) is 30.1 Å². The fourth-order valence-electron chi connectivity index (χ4n) is 4.11. The summed E-state index contributed by atoms with van der Waals surface area (Å²) in [7, 11) is 0. The third-order valence-corrected chi connectivity index (χ3v) is 5.58. The zero-order valence-corrected chi connectivity index (χ0v) is 15.4. The van der Waals surface area contributed by atoms with E-state index in [4.69, 9.17) is 15.9 Å². The van der Waals surface area contributed by atoms with Gasteiger partial charge < -0.3 is 15.9 Å². The number of piperidine rings is 1. The average Bonchev–Trinajstić information content (AvgIpc) is 2.90. The summed E-state index contributed by atoms with van der Waals surface area (Å²) >= 11 is 0. The number of carboxylic acid groups (broad SMARTS) is 1. The zero-order valence-electron chi connectivity index (χ0n) is 15.4. The summed E-state index contributed by atoms with van der Waals surface area (Å²) in [6, 6.07) is 19.5. The van der Waals surface area contributed by atoms with Crippen molar-refractivity contribution in [2.45, 2.75) is 31.5 Å². The van der Waals surface area contributed by atoms with Crippen molar-refractivity contribution in [1.29, 1.82) is 0 Å². The lowest BCUT2D eigenvalue weighted by Gasteiger charge is -2.36. The average molecular weight is 368 g/mol. The number of fused-ring (bicyclic) bond motifs is 2. The first-order chi connectivity index (χ1) is 13.0. The van der Waals surface area contributed by atoms with Gasteiger partial charge in [-0.2, -0.15) is 0 Å². The summed E-state index contributed by atoms with van der Waals surface area (Å²) in [5.41, 5.74) is 8.04. The van der Waals surface area contributed by atoms with Crippen molar-refractivity contribution < 1.29 is 15.0 Å². The minimum absolute atomic E-state index is 0.403. The highest BCUT2D eigenvalue weighted by molar-refractivity contribution is 5.73. The topological polar surface area (TPSA) is 86.8 Å². The Morgan fingerprint density at radius 2 is 1.52 bits per heavy atom. The molecule has 5 heteroatoms. The molecule has 5 nitrogen and oxygen atoms in total. The van der Waals surface area contributed by atoms with E-state index in [0.29, 0.717) is 11.6 Å². The molecule has 1 aliphatic carbocycles. The molecular weight excluding hydrogens is 340 g/mol. The van der Waals surface area contributed by atoms with Gasteiger partial charge in [0.15, 0.2) is 6.10 Å². The molecule has 2 bridgehead atoms. The highest BCUT2D eigenvalue weighted by Gasteiger charge is 2.39. The van der Waals surface area contributed by atoms with Gasteiger partial charge >= 0.3 is 5.97 Å². The molecular formula is C22H28N2O3. The Morgan fingerprint density at radius 1 is 1.00 bits per heavy atom. The second-order valence-corrected chi connectivity index (χ2v) is 7.51. The smallest absolute Gasteiger partial charge is 0.337 e. The molecule has 144 valence electrons. The maximum atomic E-state index is 10.2. The first kappa shape index (κ1) is 19.5. The van der Waals surface area contributed by atoms with Crippen molar-refractivity contribution in [3.05, 3.63) is 71.8 Å². The predicted octanol–water partition coefficient (Wildman–Crippen LogP) is 2.66. The molecule has 27 heavy (non-hydrogen) atoms. The Morgan fingerprint density at radius 3 is 2.04 bits per heavy atom. The SMILES string of the molecule is NC1C2CCC1CN(Cc1ccccc1)C2.O=C(O)[C@H](O)c1ccccc1. The quantitative estimate of drug-likeness (QED) is 0.772. The van der Waals surface area contributed by atoms with Crippen LogP contribution in [0.3, 0.4) is 0 Å². The number of nitrogens with zero attached hydrogens (tertiary/aromatic N) is 1. The van der Waals surface area contributed by atoms with Crippen LogP contribution in [0.25, 0.3) is 0 Å². The maximum Gasteiger partial charge on any atom is 0.337 e. The van der Waals surface area contributed by atoms with E-state index in [-0.39, 0.29) is 0 Å². The van der Waals surface area contributed by atoms with Crippen LogP contribution >= 0.6 is 0 Å². The van der Waals surface area contributed by atoms with E-state index in [2.05, 4.69) is 35.2 Å². The Bertz CT molecular complexity index is 709. The molecule has 0 aromatic heterocycles. The van der Waals surface area contributed by atoms with Crippen LogP contribution in [0.5, 0.6) is 0 Å². The monoisotopic (exact) mass is 368 g/mol. The number of carbonyl (C=O) groups is 1. The summed E-state index contributed by atoms with van der Waals surface area (Å²) in [6.07, 6.45) is 1.28. The van der Waals surface area contributed by atoms with Crippen LogP contribution in [0.4, 0.5) is 0 Å². The van der Waals surface area contributed by atoms with Gasteiger partial charge in [0.2, 0.25) is 0 Å². The van der Waals surface area contributed by atoms with Gasteiger partial charge in [-0.1, -0.05) is 60.7 Å². The van der Waals surface area contributed by atoms with Crippen LogP contribution in [-0.2, 0) is 11.3 Å². The van der Waals surface area contributed by atoms with Crippen LogP contribution < -0.4 is 5.73 Å². The molecule has 1 aliphatic heterocycles. The number of aliphatic carboxylic acids is 1. The fraction of sp³-hybridized carbons (Fsp3) is 0.409. The van der Waals surface area contributed by atoms with E-state index in [1.165, 1.54) is 31.5 Å². The van der Waals surface area contributed by atoms with Gasteiger partial charge in [0.1, 0.15) is 0 Å². The summed E-state index contributed by atoms with van der Waals surface area (Å²) in [6.45, 7) is 3.50.